The number of halogens is 2. The third-order valence-electron chi connectivity index (χ3n) is 2.22. The lowest BCUT2D eigenvalue weighted by molar-refractivity contribution is 0.398. The maximum Gasteiger partial charge on any atom is 0.133 e. The molecule has 0 fully saturated rings. The summed E-state index contributed by atoms with van der Waals surface area (Å²) in [7, 11) is 3.14. The van der Waals surface area contributed by atoms with Crippen molar-refractivity contribution < 1.29 is 9.47 Å². The highest BCUT2D eigenvalue weighted by Crippen LogP contribution is 2.36. The van der Waals surface area contributed by atoms with E-state index in [-0.39, 0.29) is 0 Å². The second-order valence-electron chi connectivity index (χ2n) is 3.15. The highest BCUT2D eigenvalue weighted by molar-refractivity contribution is 6.38. The van der Waals surface area contributed by atoms with Crippen LogP contribution in [-0.4, -0.2) is 19.2 Å². The minimum atomic E-state index is 0.341. The summed E-state index contributed by atoms with van der Waals surface area (Å²) in [5, 5.41) is 1.58. The van der Waals surface area contributed by atoms with Gasteiger partial charge in [-0.3, -0.25) is 0 Å². The van der Waals surface area contributed by atoms with Gasteiger partial charge < -0.3 is 9.47 Å². The largest absolute Gasteiger partial charge is 0.497 e. The van der Waals surface area contributed by atoms with Crippen molar-refractivity contribution in [1.29, 1.82) is 0 Å². The van der Waals surface area contributed by atoms with Crippen LogP contribution in [0.3, 0.4) is 0 Å². The van der Waals surface area contributed by atoms with Crippen LogP contribution in [0, 0.1) is 0 Å². The fourth-order valence-corrected chi connectivity index (χ4v) is 2.06. The summed E-state index contributed by atoms with van der Waals surface area (Å²) >= 11 is 11.9. The third-order valence-corrected chi connectivity index (χ3v) is 2.71. The first kappa shape index (κ1) is 11.3. The Labute approximate surface area is 103 Å². The van der Waals surface area contributed by atoms with Crippen molar-refractivity contribution >= 4 is 34.1 Å². The number of fused-ring (bicyclic) bond motifs is 1. The van der Waals surface area contributed by atoms with Crippen molar-refractivity contribution in [3.63, 3.8) is 0 Å². The van der Waals surface area contributed by atoms with Gasteiger partial charge >= 0.3 is 0 Å². The van der Waals surface area contributed by atoms with Crippen molar-refractivity contribution in [3.8, 4) is 11.5 Å². The van der Waals surface area contributed by atoms with E-state index in [1.54, 1.807) is 32.4 Å². The molecule has 0 atom stereocenters. The minimum Gasteiger partial charge on any atom is -0.497 e. The summed E-state index contributed by atoms with van der Waals surface area (Å²) in [6.45, 7) is 0. The molecule has 2 aromatic rings. The molecule has 0 saturated heterocycles. The summed E-state index contributed by atoms with van der Waals surface area (Å²) in [4.78, 5) is 4.17. The van der Waals surface area contributed by atoms with Gasteiger partial charge in [0.2, 0.25) is 0 Å². The van der Waals surface area contributed by atoms with Crippen molar-refractivity contribution in [3.05, 3.63) is 28.4 Å². The molecule has 5 heteroatoms. The molecule has 3 nitrogen and oxygen atoms in total. The van der Waals surface area contributed by atoms with Gasteiger partial charge in [-0.2, -0.15) is 0 Å². The van der Waals surface area contributed by atoms with Crippen LogP contribution in [0.2, 0.25) is 10.2 Å². The van der Waals surface area contributed by atoms with Crippen molar-refractivity contribution in [2.75, 3.05) is 14.2 Å². The first-order valence-corrected chi connectivity index (χ1v) is 5.29. The SMILES string of the molecule is COc1cc(OC)c2c(Cl)cc(Cl)nc2c1. The van der Waals surface area contributed by atoms with E-state index in [1.165, 1.54) is 0 Å². The molecular weight excluding hydrogens is 249 g/mol. The van der Waals surface area contributed by atoms with Crippen LogP contribution in [0.25, 0.3) is 10.9 Å². The van der Waals surface area contributed by atoms with E-state index in [0.29, 0.717) is 27.2 Å². The number of aromatic nitrogens is 1. The fraction of sp³-hybridized carbons (Fsp3) is 0.182. The standard InChI is InChI=1S/C11H9Cl2NO2/c1-15-6-3-8-11(9(4-6)16-2)7(12)5-10(13)14-8/h3-5H,1-2H3. The molecule has 16 heavy (non-hydrogen) atoms. The zero-order valence-electron chi connectivity index (χ0n) is 8.75. The Morgan fingerprint density at radius 1 is 1.06 bits per heavy atom. The number of ether oxygens (including phenoxy) is 2. The van der Waals surface area contributed by atoms with Crippen LogP contribution in [-0.2, 0) is 0 Å². The van der Waals surface area contributed by atoms with Crippen molar-refractivity contribution in [1.82, 2.24) is 4.98 Å². The van der Waals surface area contributed by atoms with Crippen LogP contribution in [0.5, 0.6) is 11.5 Å². The van der Waals surface area contributed by atoms with Crippen LogP contribution in [0.15, 0.2) is 18.2 Å². The highest BCUT2D eigenvalue weighted by Gasteiger charge is 2.11. The number of pyridine rings is 1. The average molecular weight is 258 g/mol. The van der Waals surface area contributed by atoms with E-state index < -0.39 is 0 Å². The van der Waals surface area contributed by atoms with E-state index in [1.807, 2.05) is 0 Å². The van der Waals surface area contributed by atoms with Crippen LogP contribution in [0.4, 0.5) is 0 Å². The van der Waals surface area contributed by atoms with Crippen molar-refractivity contribution in [2.24, 2.45) is 0 Å². The van der Waals surface area contributed by atoms with E-state index in [4.69, 9.17) is 32.7 Å². The van der Waals surface area contributed by atoms with Gasteiger partial charge in [0.15, 0.2) is 0 Å². The first-order valence-electron chi connectivity index (χ1n) is 4.53. The van der Waals surface area contributed by atoms with E-state index in [9.17, 15) is 0 Å². The van der Waals surface area contributed by atoms with Gasteiger partial charge in [0.1, 0.15) is 16.7 Å². The molecule has 0 aliphatic carbocycles. The lowest BCUT2D eigenvalue weighted by Crippen LogP contribution is -1.91. The monoisotopic (exact) mass is 257 g/mol. The number of nitrogens with zero attached hydrogens (tertiary/aromatic N) is 1. The second kappa shape index (κ2) is 4.36. The summed E-state index contributed by atoms with van der Waals surface area (Å²) in [6, 6.07) is 5.10. The Bertz CT molecular complexity index is 543. The van der Waals surface area contributed by atoms with Gasteiger partial charge in [-0.25, -0.2) is 4.98 Å². The Kier molecular flexibility index (Phi) is 3.08. The van der Waals surface area contributed by atoms with Crippen LogP contribution >= 0.6 is 23.2 Å². The topological polar surface area (TPSA) is 31.4 Å². The Morgan fingerprint density at radius 2 is 1.81 bits per heavy atom. The molecule has 0 unspecified atom stereocenters. The number of benzene rings is 1. The molecule has 1 heterocycles. The summed E-state index contributed by atoms with van der Waals surface area (Å²) in [5.74, 6) is 1.26. The molecule has 0 bridgehead atoms. The van der Waals surface area contributed by atoms with Gasteiger partial charge in [0.25, 0.3) is 0 Å². The molecule has 2 rings (SSSR count). The van der Waals surface area contributed by atoms with E-state index in [0.717, 1.165) is 5.39 Å². The Hall–Kier alpha value is -1.19. The second-order valence-corrected chi connectivity index (χ2v) is 3.95. The molecule has 0 N–H and O–H groups in total. The lowest BCUT2D eigenvalue weighted by atomic mass is 10.2. The molecular formula is C11H9Cl2NO2. The molecule has 0 spiro atoms. The van der Waals surface area contributed by atoms with E-state index in [2.05, 4.69) is 4.98 Å². The van der Waals surface area contributed by atoms with Gasteiger partial charge in [0.05, 0.1) is 30.1 Å². The molecule has 0 amide bonds. The maximum absolute atomic E-state index is 6.10. The molecule has 0 aliphatic heterocycles. The number of hydrogen-bond acceptors (Lipinski definition) is 3. The highest BCUT2D eigenvalue weighted by atomic mass is 35.5. The summed E-state index contributed by atoms with van der Waals surface area (Å²) < 4.78 is 10.4. The lowest BCUT2D eigenvalue weighted by Gasteiger charge is -2.09. The Morgan fingerprint density at radius 3 is 2.44 bits per heavy atom. The minimum absolute atomic E-state index is 0.341. The van der Waals surface area contributed by atoms with Gasteiger partial charge in [-0.1, -0.05) is 23.2 Å². The third kappa shape index (κ3) is 1.88. The zero-order valence-corrected chi connectivity index (χ0v) is 10.3. The molecule has 84 valence electrons. The number of methoxy groups -OCH3 is 2. The normalized spacial score (nSPS) is 10.5. The predicted molar refractivity (Wildman–Crippen MR) is 64.9 cm³/mol. The zero-order chi connectivity index (χ0) is 11.7. The predicted octanol–water partition coefficient (Wildman–Crippen LogP) is 3.56. The average Bonchev–Trinajstić information content (AvgIpc) is 2.26. The molecule has 1 aromatic carbocycles. The van der Waals surface area contributed by atoms with Crippen LogP contribution in [0.1, 0.15) is 0 Å². The molecule has 0 saturated carbocycles. The van der Waals surface area contributed by atoms with Gasteiger partial charge in [-0.05, 0) is 6.07 Å². The smallest absolute Gasteiger partial charge is 0.133 e. The summed E-state index contributed by atoms with van der Waals surface area (Å²) in [6.07, 6.45) is 0. The van der Waals surface area contributed by atoms with Gasteiger partial charge in [0, 0.05) is 12.1 Å². The van der Waals surface area contributed by atoms with E-state index >= 15 is 0 Å². The Balaban J connectivity index is 2.83. The molecule has 0 radical (unpaired) electrons. The molecule has 1 aromatic heterocycles. The maximum atomic E-state index is 6.10. The fourth-order valence-electron chi connectivity index (χ4n) is 1.51. The molecule has 0 aliphatic rings. The number of hydrogen-bond donors (Lipinski definition) is 0. The van der Waals surface area contributed by atoms with Crippen molar-refractivity contribution in [2.45, 2.75) is 0 Å². The quantitative estimate of drug-likeness (QED) is 0.772. The summed E-state index contributed by atoms with van der Waals surface area (Å²) in [5.41, 5.74) is 0.647. The van der Waals surface area contributed by atoms with Gasteiger partial charge in [-0.15, -0.1) is 0 Å². The first-order chi connectivity index (χ1) is 7.65. The number of rotatable bonds is 2. The van der Waals surface area contributed by atoms with Crippen LogP contribution < -0.4 is 9.47 Å².